The van der Waals surface area contributed by atoms with Crippen LogP contribution in [0.25, 0.3) is 0 Å². The van der Waals surface area contributed by atoms with Crippen LogP contribution < -0.4 is 0 Å². The van der Waals surface area contributed by atoms with Gasteiger partial charge >= 0.3 is 42.3 Å². The van der Waals surface area contributed by atoms with Gasteiger partial charge in [0.25, 0.3) is 0 Å². The summed E-state index contributed by atoms with van der Waals surface area (Å²) in [6.45, 7) is 0. The Morgan fingerprint density at radius 3 is 0.867 bits per heavy atom. The third-order valence-electron chi connectivity index (χ3n) is 1.37. The molecule has 2 radical (unpaired) electrons. The molecule has 15 heavy (non-hydrogen) atoms. The predicted molar refractivity (Wildman–Crippen MR) is 30.8 cm³/mol. The lowest BCUT2D eigenvalue weighted by molar-refractivity contribution is -0.182. The van der Waals surface area contributed by atoms with Crippen LogP contribution in [0.2, 0.25) is 0 Å². The quantitative estimate of drug-likeness (QED) is 0.528. The zero-order valence-electron chi connectivity index (χ0n) is 6.39. The molecular weight excluding hydrogens is 278 g/mol. The van der Waals surface area contributed by atoms with Crippen molar-refractivity contribution in [3.63, 3.8) is 0 Å². The SMILES string of the molecule is FC(F)(F)[Si]([O][Al])(C(F)(F)F)C(F)(F)F. The third kappa shape index (κ3) is 2.27. The molecule has 0 heterocycles. The van der Waals surface area contributed by atoms with Gasteiger partial charge in [-0.15, -0.1) is 0 Å². The van der Waals surface area contributed by atoms with Gasteiger partial charge in [0, 0.05) is 0 Å². The van der Waals surface area contributed by atoms with Gasteiger partial charge in [-0.3, -0.25) is 0 Å². The molecule has 0 atom stereocenters. The summed E-state index contributed by atoms with van der Waals surface area (Å²) in [4.78, 5) is 0. The molecule has 0 N–H and O–H groups in total. The Morgan fingerprint density at radius 2 is 0.867 bits per heavy atom. The molecule has 0 saturated carbocycles. The Labute approximate surface area is 86.1 Å². The Bertz CT molecular complexity index is 191. The van der Waals surface area contributed by atoms with E-state index in [0.717, 1.165) is 0 Å². The van der Waals surface area contributed by atoms with Crippen molar-refractivity contribution in [3.8, 4) is 0 Å². The van der Waals surface area contributed by atoms with Crippen LogP contribution in [-0.2, 0) is 3.48 Å². The number of rotatable bonds is 1. The predicted octanol–water partition coefficient (Wildman–Crippen LogP) is 2.34. The molecule has 0 unspecified atom stereocenters. The Kier molecular flexibility index (Phi) is 3.85. The molecular formula is C3AlF9OSi. The fourth-order valence-electron chi connectivity index (χ4n) is 0.683. The van der Waals surface area contributed by atoms with Crippen LogP contribution in [0.5, 0.6) is 0 Å². The number of hydrogen-bond acceptors (Lipinski definition) is 1. The summed E-state index contributed by atoms with van der Waals surface area (Å²) < 4.78 is 109. The van der Waals surface area contributed by atoms with Crippen LogP contribution in [0.1, 0.15) is 0 Å². The summed E-state index contributed by atoms with van der Waals surface area (Å²) in [5, 5.41) is 0. The molecule has 0 amide bonds. The minimum atomic E-state index is -7.91. The van der Waals surface area contributed by atoms with Crippen molar-refractivity contribution in [2.45, 2.75) is 17.4 Å². The lowest BCUT2D eigenvalue weighted by Gasteiger charge is -2.35. The minimum Gasteiger partial charge on any atom is -0.541 e. The van der Waals surface area contributed by atoms with E-state index < -0.39 is 25.7 Å². The molecule has 0 aromatic carbocycles. The molecule has 0 bridgehead atoms. The van der Waals surface area contributed by atoms with E-state index in [1.165, 1.54) is 0 Å². The maximum absolute atomic E-state index is 11.9. The zero-order valence-corrected chi connectivity index (χ0v) is 8.54. The van der Waals surface area contributed by atoms with Crippen LogP contribution in [0.3, 0.4) is 0 Å². The molecule has 0 spiro atoms. The summed E-state index contributed by atoms with van der Waals surface area (Å²) in [5.41, 5.74) is 0. The van der Waals surface area contributed by atoms with E-state index in [-0.39, 0.29) is 0 Å². The first-order valence-corrected chi connectivity index (χ1v) is 5.27. The highest BCUT2D eigenvalue weighted by molar-refractivity contribution is 6.81. The van der Waals surface area contributed by atoms with Gasteiger partial charge in [0.1, 0.15) is 0 Å². The van der Waals surface area contributed by atoms with Gasteiger partial charge in [-0.1, -0.05) is 0 Å². The third-order valence-corrected chi connectivity index (χ3v) is 5.18. The smallest absolute Gasteiger partial charge is 0.520 e. The average Bonchev–Trinajstić information content (AvgIpc) is 1.76. The monoisotopic (exact) mass is 278 g/mol. The molecule has 0 aromatic rings. The standard InChI is InChI=1S/C3F9OSi.Al/c4-1(5,6)14(13,2(7,8)9)3(10,11)12;/q-1;+1. The highest BCUT2D eigenvalue weighted by atomic mass is 28.4. The van der Waals surface area contributed by atoms with E-state index in [1.807, 2.05) is 0 Å². The van der Waals surface area contributed by atoms with Crippen molar-refractivity contribution in [1.29, 1.82) is 0 Å². The first-order chi connectivity index (χ1) is 6.31. The molecule has 0 aliphatic carbocycles. The van der Waals surface area contributed by atoms with E-state index in [4.69, 9.17) is 0 Å². The molecule has 0 aromatic heterocycles. The second-order valence-corrected chi connectivity index (χ2v) is 6.30. The van der Waals surface area contributed by atoms with E-state index >= 15 is 0 Å². The van der Waals surface area contributed by atoms with Crippen LogP contribution in [0.15, 0.2) is 0 Å². The van der Waals surface area contributed by atoms with Crippen LogP contribution >= 0.6 is 0 Å². The van der Waals surface area contributed by atoms with Gasteiger partial charge in [0.15, 0.2) is 0 Å². The first kappa shape index (κ1) is 15.1. The maximum atomic E-state index is 11.9. The average molecular weight is 278 g/mol. The summed E-state index contributed by atoms with van der Waals surface area (Å²) in [6, 6.07) is 0. The van der Waals surface area contributed by atoms with Crippen molar-refractivity contribution in [2.75, 3.05) is 0 Å². The molecule has 0 rings (SSSR count). The highest BCUT2D eigenvalue weighted by Gasteiger charge is 2.88. The van der Waals surface area contributed by atoms with Crippen LogP contribution in [0, 0.1) is 0 Å². The number of alkyl halides is 9. The van der Waals surface area contributed by atoms with Gasteiger partial charge in [0.2, 0.25) is 0 Å². The maximum Gasteiger partial charge on any atom is 0.520 e. The summed E-state index contributed by atoms with van der Waals surface area (Å²) >= 11 is 0.387. The zero-order chi connectivity index (χ0) is 12.7. The van der Waals surface area contributed by atoms with Crippen molar-refractivity contribution in [3.05, 3.63) is 0 Å². The van der Waals surface area contributed by atoms with E-state index in [9.17, 15) is 39.5 Å². The van der Waals surface area contributed by atoms with Crippen LogP contribution in [0.4, 0.5) is 39.5 Å². The van der Waals surface area contributed by atoms with Crippen molar-refractivity contribution in [1.82, 2.24) is 0 Å². The Hall–Kier alpha value is 0.0794. The molecule has 0 aliphatic rings. The Balaban J connectivity index is 5.78. The summed E-state index contributed by atoms with van der Waals surface area (Å²) in [7, 11) is -7.91. The highest BCUT2D eigenvalue weighted by Crippen LogP contribution is 2.50. The van der Waals surface area contributed by atoms with E-state index in [0.29, 0.717) is 16.6 Å². The van der Waals surface area contributed by atoms with Crippen molar-refractivity contribution >= 4 is 24.9 Å². The lowest BCUT2D eigenvalue weighted by atomic mass is 11.4. The fraction of sp³-hybridized carbons (Fsp3) is 1.00. The number of halogens is 9. The van der Waals surface area contributed by atoms with Gasteiger partial charge in [0.05, 0.1) is 0 Å². The molecule has 0 saturated heterocycles. The normalized spacial score (nSPS) is 15.5. The summed E-state index contributed by atoms with van der Waals surface area (Å²) in [5.74, 6) is -19.6. The van der Waals surface area contributed by atoms with Crippen LogP contribution in [-0.4, -0.2) is 42.3 Å². The van der Waals surface area contributed by atoms with E-state index in [2.05, 4.69) is 3.48 Å². The molecule has 12 heteroatoms. The molecule has 0 fully saturated rings. The van der Waals surface area contributed by atoms with Gasteiger partial charge in [-0.25, -0.2) is 0 Å². The number of hydrogen-bond donors (Lipinski definition) is 0. The second-order valence-electron chi connectivity index (χ2n) is 2.29. The van der Waals surface area contributed by atoms with Gasteiger partial charge in [-0.05, 0) is 0 Å². The first-order valence-electron chi connectivity index (χ1n) is 2.89. The fourth-order valence-corrected chi connectivity index (χ4v) is 3.25. The minimum absolute atomic E-state index is 0.387. The summed E-state index contributed by atoms with van der Waals surface area (Å²) in [6.07, 6.45) is 0. The Morgan fingerprint density at radius 1 is 0.667 bits per heavy atom. The molecule has 1 nitrogen and oxygen atoms in total. The van der Waals surface area contributed by atoms with Crippen molar-refractivity contribution < 1.29 is 43.0 Å². The lowest BCUT2D eigenvalue weighted by Crippen LogP contribution is -2.73. The van der Waals surface area contributed by atoms with Gasteiger partial charge in [-0.2, -0.15) is 39.5 Å². The van der Waals surface area contributed by atoms with Crippen molar-refractivity contribution in [2.24, 2.45) is 0 Å². The van der Waals surface area contributed by atoms with E-state index in [1.54, 1.807) is 0 Å². The largest absolute Gasteiger partial charge is 0.541 e. The molecule has 0 aliphatic heterocycles. The topological polar surface area (TPSA) is 9.23 Å². The van der Waals surface area contributed by atoms with Gasteiger partial charge < -0.3 is 3.48 Å². The molecule has 88 valence electrons. The second kappa shape index (κ2) is 3.83.